The number of halogens is 1. The van der Waals surface area contributed by atoms with E-state index in [0.29, 0.717) is 5.92 Å². The van der Waals surface area contributed by atoms with E-state index in [1.165, 1.54) is 18.9 Å². The highest BCUT2D eigenvalue weighted by molar-refractivity contribution is 5.16. The highest BCUT2D eigenvalue weighted by Crippen LogP contribution is 2.19. The number of hydrogen-bond donors (Lipinski definition) is 1. The summed E-state index contributed by atoms with van der Waals surface area (Å²) in [5.41, 5.74) is 3.34. The highest BCUT2D eigenvalue weighted by Gasteiger charge is 2.22. The van der Waals surface area contributed by atoms with Crippen LogP contribution in [0, 0.1) is 18.7 Å². The van der Waals surface area contributed by atoms with E-state index < -0.39 is 0 Å². The number of aryl methyl sites for hydroxylation is 1. The van der Waals surface area contributed by atoms with Crippen LogP contribution >= 0.6 is 0 Å². The molecule has 4 nitrogen and oxygen atoms in total. The van der Waals surface area contributed by atoms with Gasteiger partial charge in [0, 0.05) is 31.9 Å². The summed E-state index contributed by atoms with van der Waals surface area (Å²) in [7, 11) is 0. The molecule has 1 unspecified atom stereocenters. The summed E-state index contributed by atoms with van der Waals surface area (Å²) in [4.78, 5) is 5.04. The zero-order valence-electron chi connectivity index (χ0n) is 16.0. The number of H-pyrrole nitrogens is 1. The molecule has 5 heteroatoms. The zero-order valence-corrected chi connectivity index (χ0v) is 16.0. The molecule has 1 N–H and O–H groups in total. The fourth-order valence-electron chi connectivity index (χ4n) is 3.94. The first-order valence-corrected chi connectivity index (χ1v) is 9.82. The number of aromatic nitrogens is 2. The predicted molar refractivity (Wildman–Crippen MR) is 104 cm³/mol. The maximum Gasteiger partial charge on any atom is 0.123 e. The van der Waals surface area contributed by atoms with E-state index >= 15 is 0 Å². The number of nitrogens with one attached hydrogen (secondary N) is 1. The monoisotopic (exact) mass is 358 g/mol. The third-order valence-corrected chi connectivity index (χ3v) is 5.32. The molecule has 0 spiro atoms. The molecule has 142 valence electrons. The maximum absolute atomic E-state index is 13.3. The van der Waals surface area contributed by atoms with E-state index in [1.807, 2.05) is 13.0 Å². The Kier molecular flexibility index (Phi) is 6.80. The van der Waals surface area contributed by atoms with Crippen molar-refractivity contribution in [3.05, 3.63) is 53.1 Å². The van der Waals surface area contributed by atoms with Crippen molar-refractivity contribution < 1.29 is 4.39 Å². The van der Waals surface area contributed by atoms with Crippen molar-refractivity contribution >= 4 is 0 Å². The summed E-state index contributed by atoms with van der Waals surface area (Å²) < 4.78 is 13.3. The quantitative estimate of drug-likeness (QED) is 0.783. The van der Waals surface area contributed by atoms with Crippen molar-refractivity contribution in [2.45, 2.75) is 39.7 Å². The van der Waals surface area contributed by atoms with Crippen molar-refractivity contribution in [2.75, 3.05) is 32.7 Å². The van der Waals surface area contributed by atoms with E-state index in [9.17, 15) is 4.39 Å². The van der Waals surface area contributed by atoms with Crippen LogP contribution in [0.4, 0.5) is 4.39 Å². The van der Waals surface area contributed by atoms with E-state index in [2.05, 4.69) is 33.0 Å². The molecular formula is C21H31FN4. The second-order valence-corrected chi connectivity index (χ2v) is 7.56. The number of benzene rings is 1. The number of rotatable bonds is 8. The lowest BCUT2D eigenvalue weighted by Crippen LogP contribution is -2.41. The largest absolute Gasteiger partial charge is 0.303 e. The molecule has 1 aliphatic rings. The van der Waals surface area contributed by atoms with Gasteiger partial charge in [-0.2, -0.15) is 5.10 Å². The smallest absolute Gasteiger partial charge is 0.123 e. The number of likely N-dealkylation sites (tertiary alicyclic amines) is 1. The van der Waals surface area contributed by atoms with Crippen LogP contribution in [-0.2, 0) is 13.0 Å². The van der Waals surface area contributed by atoms with Gasteiger partial charge in [0.1, 0.15) is 5.82 Å². The van der Waals surface area contributed by atoms with Crippen LogP contribution in [0.2, 0.25) is 0 Å². The minimum atomic E-state index is -0.133. The van der Waals surface area contributed by atoms with E-state index in [4.69, 9.17) is 0 Å². The van der Waals surface area contributed by atoms with E-state index in [-0.39, 0.29) is 5.82 Å². The van der Waals surface area contributed by atoms with Gasteiger partial charge in [0.05, 0.1) is 5.69 Å². The van der Waals surface area contributed by atoms with Gasteiger partial charge in [-0.05, 0) is 69.0 Å². The molecule has 0 aliphatic carbocycles. The summed E-state index contributed by atoms with van der Waals surface area (Å²) in [6.07, 6.45) is 3.48. The van der Waals surface area contributed by atoms with Gasteiger partial charge in [-0.1, -0.05) is 19.1 Å². The molecule has 1 saturated heterocycles. The summed E-state index contributed by atoms with van der Waals surface area (Å²) in [6, 6.07) is 9.14. The molecule has 3 rings (SSSR count). The summed E-state index contributed by atoms with van der Waals surface area (Å²) >= 11 is 0. The van der Waals surface area contributed by atoms with Crippen molar-refractivity contribution in [1.29, 1.82) is 0 Å². The van der Waals surface area contributed by atoms with Gasteiger partial charge < -0.3 is 4.90 Å². The van der Waals surface area contributed by atoms with Crippen LogP contribution in [0.1, 0.15) is 36.7 Å². The third kappa shape index (κ3) is 5.64. The SMILES string of the molecule is CCN(Cc1cc(C)[nH]n1)CC1CCCN(CCc2cccc(F)c2)C1. The molecule has 1 atom stereocenters. The molecule has 1 fully saturated rings. The van der Waals surface area contributed by atoms with Gasteiger partial charge in [-0.3, -0.25) is 10.00 Å². The van der Waals surface area contributed by atoms with Crippen molar-refractivity contribution in [3.8, 4) is 0 Å². The number of hydrogen-bond acceptors (Lipinski definition) is 3. The van der Waals surface area contributed by atoms with Gasteiger partial charge in [0.2, 0.25) is 0 Å². The first-order chi connectivity index (χ1) is 12.6. The Morgan fingerprint density at radius 1 is 1.35 bits per heavy atom. The molecule has 1 aromatic carbocycles. The second-order valence-electron chi connectivity index (χ2n) is 7.56. The lowest BCUT2D eigenvalue weighted by atomic mass is 9.96. The minimum absolute atomic E-state index is 0.133. The summed E-state index contributed by atoms with van der Waals surface area (Å²) in [6.45, 7) is 10.7. The standard InChI is InChI=1S/C21H31FN4/c1-3-25(16-21-12-17(2)23-24-21)14-19-7-5-10-26(15-19)11-9-18-6-4-8-20(22)13-18/h4,6,8,12-13,19H,3,5,7,9-11,14-16H2,1-2H3,(H,23,24). The topological polar surface area (TPSA) is 35.2 Å². The summed E-state index contributed by atoms with van der Waals surface area (Å²) in [5.74, 6) is 0.572. The minimum Gasteiger partial charge on any atom is -0.303 e. The lowest BCUT2D eigenvalue weighted by molar-refractivity contribution is 0.132. The molecular weight excluding hydrogens is 327 g/mol. The molecule has 26 heavy (non-hydrogen) atoms. The Hall–Kier alpha value is -1.72. The molecule has 0 saturated carbocycles. The van der Waals surface area contributed by atoms with Crippen LogP contribution in [0.5, 0.6) is 0 Å². The lowest BCUT2D eigenvalue weighted by Gasteiger charge is -2.35. The van der Waals surface area contributed by atoms with Gasteiger partial charge in [-0.15, -0.1) is 0 Å². The summed E-state index contributed by atoms with van der Waals surface area (Å²) in [5, 5.41) is 7.41. The predicted octanol–water partition coefficient (Wildman–Crippen LogP) is 3.63. The Labute approximate surface area is 156 Å². The molecule has 1 aliphatic heterocycles. The van der Waals surface area contributed by atoms with E-state index in [1.54, 1.807) is 12.1 Å². The van der Waals surface area contributed by atoms with Crippen LogP contribution in [0.3, 0.4) is 0 Å². The fraction of sp³-hybridized carbons (Fsp3) is 0.571. The van der Waals surface area contributed by atoms with Gasteiger partial charge >= 0.3 is 0 Å². The van der Waals surface area contributed by atoms with Crippen molar-refractivity contribution in [1.82, 2.24) is 20.0 Å². The van der Waals surface area contributed by atoms with Crippen LogP contribution in [-0.4, -0.2) is 52.7 Å². The Morgan fingerprint density at radius 3 is 2.96 bits per heavy atom. The van der Waals surface area contributed by atoms with Gasteiger partial charge in [0.15, 0.2) is 0 Å². The van der Waals surface area contributed by atoms with Crippen molar-refractivity contribution in [2.24, 2.45) is 5.92 Å². The molecule has 1 aromatic heterocycles. The Morgan fingerprint density at radius 2 is 2.23 bits per heavy atom. The Balaban J connectivity index is 1.47. The van der Waals surface area contributed by atoms with Gasteiger partial charge in [0.25, 0.3) is 0 Å². The average molecular weight is 359 g/mol. The number of aromatic amines is 1. The highest BCUT2D eigenvalue weighted by atomic mass is 19.1. The fourth-order valence-corrected chi connectivity index (χ4v) is 3.94. The zero-order chi connectivity index (χ0) is 18.4. The molecule has 0 bridgehead atoms. The maximum atomic E-state index is 13.3. The third-order valence-electron chi connectivity index (χ3n) is 5.32. The Bertz CT molecular complexity index is 684. The normalized spacial score (nSPS) is 18.5. The van der Waals surface area contributed by atoms with Crippen LogP contribution < -0.4 is 0 Å². The number of nitrogens with zero attached hydrogens (tertiary/aromatic N) is 3. The van der Waals surface area contributed by atoms with Crippen molar-refractivity contribution in [3.63, 3.8) is 0 Å². The first-order valence-electron chi connectivity index (χ1n) is 9.82. The molecule has 0 amide bonds. The van der Waals surface area contributed by atoms with Crippen LogP contribution in [0.15, 0.2) is 30.3 Å². The molecule has 2 aromatic rings. The second kappa shape index (κ2) is 9.28. The van der Waals surface area contributed by atoms with Crippen LogP contribution in [0.25, 0.3) is 0 Å². The van der Waals surface area contributed by atoms with Gasteiger partial charge in [-0.25, -0.2) is 4.39 Å². The average Bonchev–Trinajstić information content (AvgIpc) is 3.05. The first kappa shape index (κ1) is 19.1. The molecule has 0 radical (unpaired) electrons. The van der Waals surface area contributed by atoms with E-state index in [0.717, 1.165) is 62.6 Å². The number of piperidine rings is 1. The molecule has 2 heterocycles.